The Morgan fingerprint density at radius 2 is 2.27 bits per heavy atom. The zero-order valence-electron chi connectivity index (χ0n) is 5.12. The molecule has 0 aliphatic rings. The maximum atomic E-state index is 12.3. The van der Waals surface area contributed by atoms with Gasteiger partial charge in [0.2, 0.25) is 0 Å². The Bertz CT molecular complexity index is 284. The minimum atomic E-state index is -0.869. The van der Waals surface area contributed by atoms with Crippen LogP contribution in [0.15, 0.2) is 16.6 Å². The summed E-state index contributed by atoms with van der Waals surface area (Å²) in [6.07, 6.45) is 0. The predicted molar refractivity (Wildman–Crippen MR) is 38.5 cm³/mol. The highest BCUT2D eigenvalue weighted by molar-refractivity contribution is 9.10. The van der Waals surface area contributed by atoms with Gasteiger partial charge in [-0.3, -0.25) is 0 Å². The van der Waals surface area contributed by atoms with Crippen LogP contribution in [0.25, 0.3) is 0 Å². The molecule has 4 nitrogen and oxygen atoms in total. The Kier molecular flexibility index (Phi) is 2.13. The molecule has 1 aromatic rings. The van der Waals surface area contributed by atoms with Crippen molar-refractivity contribution in [2.45, 2.75) is 0 Å². The van der Waals surface area contributed by atoms with Gasteiger partial charge < -0.3 is 10.1 Å². The second kappa shape index (κ2) is 2.91. The molecule has 1 heterocycles. The summed E-state index contributed by atoms with van der Waals surface area (Å²) in [6.45, 7) is 0. The van der Waals surface area contributed by atoms with E-state index in [0.29, 0.717) is 4.47 Å². The monoisotopic (exact) mass is 220 g/mol. The average molecular weight is 221 g/mol. The molecule has 0 saturated heterocycles. The molecule has 0 amide bonds. The van der Waals surface area contributed by atoms with E-state index in [1.54, 1.807) is 0 Å². The van der Waals surface area contributed by atoms with Gasteiger partial charge in [-0.15, -0.1) is 0 Å². The minimum Gasteiger partial charge on any atom is -0.358 e. The molecule has 6 heteroatoms. The van der Waals surface area contributed by atoms with Crippen LogP contribution in [-0.2, 0) is 0 Å². The van der Waals surface area contributed by atoms with Crippen LogP contribution >= 0.6 is 15.9 Å². The summed E-state index contributed by atoms with van der Waals surface area (Å²) in [5, 5.41) is 10.1. The molecule has 0 aliphatic carbocycles. The van der Waals surface area contributed by atoms with Gasteiger partial charge in [0.25, 0.3) is 0 Å². The van der Waals surface area contributed by atoms with Gasteiger partial charge in [0.05, 0.1) is 6.07 Å². The van der Waals surface area contributed by atoms with E-state index in [2.05, 4.69) is 20.9 Å². The van der Waals surface area contributed by atoms with Crippen molar-refractivity contribution in [1.82, 2.24) is 4.98 Å². The van der Waals surface area contributed by atoms with Crippen molar-refractivity contribution in [2.75, 3.05) is 0 Å². The molecule has 0 fully saturated rings. The largest absolute Gasteiger partial charge is 0.368 e. The molecule has 0 N–H and O–H groups in total. The van der Waals surface area contributed by atoms with E-state index < -0.39 is 16.7 Å². The molecular weight excluding hydrogens is 219 g/mol. The highest BCUT2D eigenvalue weighted by atomic mass is 79.9. The third-order valence-electron chi connectivity index (χ3n) is 0.932. The molecule has 0 saturated carbocycles. The number of aromatic nitrogens is 1. The van der Waals surface area contributed by atoms with Gasteiger partial charge in [0.1, 0.15) is 0 Å². The molecule has 1 aromatic heterocycles. The standard InChI is InChI=1S/C5H2BrFN2O2/c6-3-1-4(7)8-5(2-3)9(10)11/h1-2H. The maximum absolute atomic E-state index is 12.3. The third kappa shape index (κ3) is 1.94. The maximum Gasteiger partial charge on any atom is 0.368 e. The molecule has 0 spiro atoms. The van der Waals surface area contributed by atoms with E-state index in [4.69, 9.17) is 0 Å². The Balaban J connectivity index is 3.19. The molecule has 58 valence electrons. The first-order valence-corrected chi connectivity index (χ1v) is 3.36. The first kappa shape index (κ1) is 8.06. The Morgan fingerprint density at radius 1 is 1.64 bits per heavy atom. The summed E-state index contributed by atoms with van der Waals surface area (Å²) < 4.78 is 12.6. The van der Waals surface area contributed by atoms with E-state index in [9.17, 15) is 14.5 Å². The van der Waals surface area contributed by atoms with E-state index >= 15 is 0 Å². The summed E-state index contributed by atoms with van der Waals surface area (Å²) in [5.41, 5.74) is 0. The number of nitro groups is 1. The normalized spacial score (nSPS) is 9.64. The molecule has 0 aromatic carbocycles. The Labute approximate surface area is 69.3 Å². The summed E-state index contributed by atoms with van der Waals surface area (Å²) in [4.78, 5) is 12.3. The van der Waals surface area contributed by atoms with Crippen LogP contribution in [0, 0.1) is 16.1 Å². The van der Waals surface area contributed by atoms with Gasteiger partial charge in [-0.05, 0) is 9.91 Å². The van der Waals surface area contributed by atoms with Crippen LogP contribution in [0.3, 0.4) is 0 Å². The topological polar surface area (TPSA) is 56.0 Å². The van der Waals surface area contributed by atoms with Gasteiger partial charge >= 0.3 is 11.8 Å². The fraction of sp³-hybridized carbons (Fsp3) is 0. The molecule has 0 atom stereocenters. The van der Waals surface area contributed by atoms with Gasteiger partial charge in [0.15, 0.2) is 0 Å². The number of nitrogens with zero attached hydrogens (tertiary/aromatic N) is 2. The highest BCUT2D eigenvalue weighted by Crippen LogP contribution is 2.16. The first-order valence-electron chi connectivity index (χ1n) is 2.57. The fourth-order valence-electron chi connectivity index (χ4n) is 0.546. The summed E-state index contributed by atoms with van der Waals surface area (Å²) in [5.74, 6) is -1.37. The lowest BCUT2D eigenvalue weighted by atomic mass is 10.5. The molecule has 0 bridgehead atoms. The fourth-order valence-corrected chi connectivity index (χ4v) is 0.940. The van der Waals surface area contributed by atoms with E-state index in [1.807, 2.05) is 0 Å². The predicted octanol–water partition coefficient (Wildman–Crippen LogP) is 1.89. The number of halogens is 2. The van der Waals surface area contributed by atoms with Crippen LogP contribution < -0.4 is 0 Å². The van der Waals surface area contributed by atoms with Gasteiger partial charge in [-0.2, -0.15) is 4.39 Å². The lowest BCUT2D eigenvalue weighted by Gasteiger charge is -1.91. The van der Waals surface area contributed by atoms with Crippen molar-refractivity contribution in [2.24, 2.45) is 0 Å². The average Bonchev–Trinajstić information content (AvgIpc) is 1.85. The lowest BCUT2D eigenvalue weighted by Crippen LogP contribution is -1.93. The van der Waals surface area contributed by atoms with Crippen molar-refractivity contribution in [3.63, 3.8) is 0 Å². The van der Waals surface area contributed by atoms with Crippen LogP contribution in [0.2, 0.25) is 0 Å². The van der Waals surface area contributed by atoms with Gasteiger partial charge in [0, 0.05) is 10.5 Å². The number of hydrogen-bond donors (Lipinski definition) is 0. The molecule has 0 radical (unpaired) electrons. The summed E-state index contributed by atoms with van der Waals surface area (Å²) in [7, 11) is 0. The quantitative estimate of drug-likeness (QED) is 0.413. The number of pyridine rings is 1. The lowest BCUT2D eigenvalue weighted by molar-refractivity contribution is -0.390. The molecule has 1 rings (SSSR count). The van der Waals surface area contributed by atoms with Crippen LogP contribution in [-0.4, -0.2) is 9.91 Å². The Morgan fingerprint density at radius 3 is 2.73 bits per heavy atom. The third-order valence-corrected chi connectivity index (χ3v) is 1.39. The van der Waals surface area contributed by atoms with Crippen molar-refractivity contribution in [1.29, 1.82) is 0 Å². The van der Waals surface area contributed by atoms with Crippen molar-refractivity contribution in [3.05, 3.63) is 32.7 Å². The highest BCUT2D eigenvalue weighted by Gasteiger charge is 2.10. The first-order chi connectivity index (χ1) is 5.09. The molecule has 0 unspecified atom stereocenters. The Hall–Kier alpha value is -1.04. The minimum absolute atomic E-state index is 0.303. The van der Waals surface area contributed by atoms with E-state index in [1.165, 1.54) is 0 Å². The second-order valence-corrected chi connectivity index (χ2v) is 2.64. The van der Waals surface area contributed by atoms with Gasteiger partial charge in [-0.1, -0.05) is 15.9 Å². The molecule has 11 heavy (non-hydrogen) atoms. The molecular formula is C5H2BrFN2O2. The van der Waals surface area contributed by atoms with E-state index in [0.717, 1.165) is 12.1 Å². The summed E-state index contributed by atoms with van der Waals surface area (Å²) in [6, 6.07) is 2.18. The van der Waals surface area contributed by atoms with Crippen LogP contribution in [0.1, 0.15) is 0 Å². The molecule has 0 aliphatic heterocycles. The van der Waals surface area contributed by atoms with Crippen LogP contribution in [0.4, 0.5) is 10.2 Å². The summed E-state index contributed by atoms with van der Waals surface area (Å²) >= 11 is 2.90. The van der Waals surface area contributed by atoms with Gasteiger partial charge in [-0.25, -0.2) is 0 Å². The smallest absolute Gasteiger partial charge is 0.358 e. The second-order valence-electron chi connectivity index (χ2n) is 1.72. The van der Waals surface area contributed by atoms with E-state index in [-0.39, 0.29) is 0 Å². The van der Waals surface area contributed by atoms with Crippen molar-refractivity contribution >= 4 is 21.7 Å². The zero-order chi connectivity index (χ0) is 8.43. The SMILES string of the molecule is O=[N+]([O-])c1cc(Br)cc(F)n1. The zero-order valence-corrected chi connectivity index (χ0v) is 6.71. The van der Waals surface area contributed by atoms with Crippen LogP contribution in [0.5, 0.6) is 0 Å². The van der Waals surface area contributed by atoms with Crippen molar-refractivity contribution < 1.29 is 9.31 Å². The van der Waals surface area contributed by atoms with Crippen molar-refractivity contribution in [3.8, 4) is 0 Å². The number of rotatable bonds is 1. The number of hydrogen-bond acceptors (Lipinski definition) is 3.